The number of halogens is 3. The van der Waals surface area contributed by atoms with E-state index in [9.17, 15) is 18.4 Å². The van der Waals surface area contributed by atoms with Crippen LogP contribution in [-0.2, 0) is 16.1 Å². The Morgan fingerprint density at radius 3 is 2.81 bits per heavy atom. The van der Waals surface area contributed by atoms with E-state index < -0.39 is 23.4 Å². The Labute approximate surface area is 181 Å². The molecule has 31 heavy (non-hydrogen) atoms. The van der Waals surface area contributed by atoms with E-state index in [1.807, 2.05) is 0 Å². The zero-order valence-corrected chi connectivity index (χ0v) is 17.1. The van der Waals surface area contributed by atoms with Crippen molar-refractivity contribution < 1.29 is 32.6 Å². The van der Waals surface area contributed by atoms with Gasteiger partial charge in [0.15, 0.2) is 13.4 Å². The SMILES string of the molecule is C=C(CCNC(=O)COc1ccc(Cl)c(F)c1)NC(=O)c1cc(F)cc2c1OCOC2. The van der Waals surface area contributed by atoms with Gasteiger partial charge in [-0.05, 0) is 24.3 Å². The first-order valence-corrected chi connectivity index (χ1v) is 9.58. The Morgan fingerprint density at radius 2 is 2.03 bits per heavy atom. The molecule has 0 bridgehead atoms. The lowest BCUT2D eigenvalue weighted by Gasteiger charge is -2.20. The number of benzene rings is 2. The van der Waals surface area contributed by atoms with Gasteiger partial charge in [-0.3, -0.25) is 9.59 Å². The Balaban J connectivity index is 1.44. The molecule has 7 nitrogen and oxygen atoms in total. The van der Waals surface area contributed by atoms with Crippen LogP contribution in [0.5, 0.6) is 11.5 Å². The molecule has 0 saturated carbocycles. The van der Waals surface area contributed by atoms with Gasteiger partial charge in [-0.2, -0.15) is 0 Å². The summed E-state index contributed by atoms with van der Waals surface area (Å²) in [5.41, 5.74) is 0.790. The summed E-state index contributed by atoms with van der Waals surface area (Å²) in [7, 11) is 0. The van der Waals surface area contributed by atoms with E-state index in [2.05, 4.69) is 17.2 Å². The lowest BCUT2D eigenvalue weighted by atomic mass is 10.1. The molecule has 0 radical (unpaired) electrons. The molecule has 164 valence electrons. The summed E-state index contributed by atoms with van der Waals surface area (Å²) in [5, 5.41) is 5.10. The average Bonchev–Trinajstić information content (AvgIpc) is 2.73. The van der Waals surface area contributed by atoms with Crippen molar-refractivity contribution in [3.8, 4) is 11.5 Å². The third kappa shape index (κ3) is 6.16. The minimum Gasteiger partial charge on any atom is -0.484 e. The van der Waals surface area contributed by atoms with Gasteiger partial charge in [-0.25, -0.2) is 8.78 Å². The highest BCUT2D eigenvalue weighted by atomic mass is 35.5. The van der Waals surface area contributed by atoms with Gasteiger partial charge >= 0.3 is 0 Å². The van der Waals surface area contributed by atoms with Crippen LogP contribution < -0.4 is 20.1 Å². The predicted octanol–water partition coefficient (Wildman–Crippen LogP) is 3.31. The average molecular weight is 453 g/mol. The molecular formula is C21H19ClF2N2O5. The second-order valence-electron chi connectivity index (χ2n) is 6.57. The normalized spacial score (nSPS) is 12.4. The Bertz CT molecular complexity index is 1020. The van der Waals surface area contributed by atoms with Gasteiger partial charge < -0.3 is 24.8 Å². The van der Waals surface area contributed by atoms with Crippen molar-refractivity contribution in [3.05, 3.63) is 70.4 Å². The van der Waals surface area contributed by atoms with Crippen molar-refractivity contribution in [2.45, 2.75) is 13.0 Å². The van der Waals surface area contributed by atoms with Gasteiger partial charge in [-0.15, -0.1) is 0 Å². The number of ether oxygens (including phenoxy) is 3. The topological polar surface area (TPSA) is 85.9 Å². The lowest BCUT2D eigenvalue weighted by molar-refractivity contribution is -0.123. The summed E-state index contributed by atoms with van der Waals surface area (Å²) in [6.45, 7) is 3.69. The van der Waals surface area contributed by atoms with E-state index in [0.29, 0.717) is 11.3 Å². The molecular weight excluding hydrogens is 434 g/mol. The van der Waals surface area contributed by atoms with E-state index in [1.165, 1.54) is 18.2 Å². The molecule has 2 N–H and O–H groups in total. The zero-order valence-electron chi connectivity index (χ0n) is 16.3. The van der Waals surface area contributed by atoms with E-state index in [4.69, 9.17) is 25.8 Å². The first-order valence-electron chi connectivity index (χ1n) is 9.20. The number of amides is 2. The minimum absolute atomic E-state index is 0.0311. The fraction of sp³-hybridized carbons (Fsp3) is 0.238. The van der Waals surface area contributed by atoms with Crippen LogP contribution in [0.25, 0.3) is 0 Å². The maximum Gasteiger partial charge on any atom is 0.259 e. The van der Waals surface area contributed by atoms with Crippen LogP contribution in [-0.4, -0.2) is 31.8 Å². The van der Waals surface area contributed by atoms with Crippen LogP contribution >= 0.6 is 11.6 Å². The van der Waals surface area contributed by atoms with Gasteiger partial charge in [0.25, 0.3) is 11.8 Å². The molecule has 0 saturated heterocycles. The third-order valence-corrected chi connectivity index (χ3v) is 4.53. The summed E-state index contributed by atoms with van der Waals surface area (Å²) >= 11 is 5.58. The van der Waals surface area contributed by atoms with Crippen LogP contribution in [0, 0.1) is 11.6 Å². The number of nitrogens with one attached hydrogen (secondary N) is 2. The van der Waals surface area contributed by atoms with Crippen molar-refractivity contribution >= 4 is 23.4 Å². The van der Waals surface area contributed by atoms with Gasteiger partial charge in [0, 0.05) is 30.3 Å². The third-order valence-electron chi connectivity index (χ3n) is 4.22. The van der Waals surface area contributed by atoms with Crippen LogP contribution in [0.4, 0.5) is 8.78 Å². The number of fused-ring (bicyclic) bond motifs is 1. The summed E-state index contributed by atoms with van der Waals surface area (Å²) in [5.74, 6) is -1.83. The minimum atomic E-state index is -0.649. The molecule has 1 heterocycles. The van der Waals surface area contributed by atoms with E-state index >= 15 is 0 Å². The quantitative estimate of drug-likeness (QED) is 0.642. The highest BCUT2D eigenvalue weighted by molar-refractivity contribution is 6.30. The second-order valence-corrected chi connectivity index (χ2v) is 6.98. The van der Waals surface area contributed by atoms with Crippen LogP contribution in [0.3, 0.4) is 0 Å². The van der Waals surface area contributed by atoms with Crippen molar-refractivity contribution in [3.63, 3.8) is 0 Å². The number of rotatable bonds is 8. The molecule has 3 rings (SSSR count). The molecule has 1 aliphatic heterocycles. The summed E-state index contributed by atoms with van der Waals surface area (Å²) < 4.78 is 42.7. The number of carbonyl (C=O) groups excluding carboxylic acids is 2. The van der Waals surface area contributed by atoms with Crippen molar-refractivity contribution in [1.82, 2.24) is 10.6 Å². The highest BCUT2D eigenvalue weighted by Gasteiger charge is 2.22. The lowest BCUT2D eigenvalue weighted by Crippen LogP contribution is -2.32. The molecule has 0 aliphatic carbocycles. The van der Waals surface area contributed by atoms with Crippen LogP contribution in [0.15, 0.2) is 42.6 Å². The maximum absolute atomic E-state index is 13.8. The highest BCUT2D eigenvalue weighted by Crippen LogP contribution is 2.29. The smallest absolute Gasteiger partial charge is 0.259 e. The molecule has 2 aromatic rings. The fourth-order valence-electron chi connectivity index (χ4n) is 2.76. The number of carbonyl (C=O) groups is 2. The standard InChI is InChI=1S/C21H19ClF2N2O5/c1-12(4-5-25-19(27)10-30-15-2-3-17(22)18(24)8-15)26-21(28)16-7-14(23)6-13-9-29-11-31-20(13)16/h2-3,6-8H,1,4-5,9-11H2,(H,25,27)(H,26,28). The molecule has 1 aliphatic rings. The van der Waals surface area contributed by atoms with Crippen molar-refractivity contribution in [2.75, 3.05) is 19.9 Å². The Morgan fingerprint density at radius 1 is 1.23 bits per heavy atom. The van der Waals surface area contributed by atoms with Crippen molar-refractivity contribution in [1.29, 1.82) is 0 Å². The first-order chi connectivity index (χ1) is 14.8. The molecule has 0 aromatic heterocycles. The maximum atomic E-state index is 13.8. The second kappa shape index (κ2) is 10.2. The Hall–Kier alpha value is -3.17. The van der Waals surface area contributed by atoms with Gasteiger partial charge in [0.2, 0.25) is 0 Å². The monoisotopic (exact) mass is 452 g/mol. The van der Waals surface area contributed by atoms with Crippen LogP contribution in [0.1, 0.15) is 22.3 Å². The molecule has 0 spiro atoms. The summed E-state index contributed by atoms with van der Waals surface area (Å²) in [6.07, 6.45) is 0.231. The summed E-state index contributed by atoms with van der Waals surface area (Å²) in [6, 6.07) is 6.16. The first kappa shape index (κ1) is 22.5. The number of hydrogen-bond acceptors (Lipinski definition) is 5. The predicted molar refractivity (Wildman–Crippen MR) is 108 cm³/mol. The number of hydrogen-bond donors (Lipinski definition) is 2. The van der Waals surface area contributed by atoms with Gasteiger partial charge in [-0.1, -0.05) is 18.2 Å². The molecule has 2 amide bonds. The van der Waals surface area contributed by atoms with Crippen molar-refractivity contribution in [2.24, 2.45) is 0 Å². The largest absolute Gasteiger partial charge is 0.484 e. The molecule has 0 unspecified atom stereocenters. The zero-order chi connectivity index (χ0) is 22.4. The fourth-order valence-corrected chi connectivity index (χ4v) is 2.88. The van der Waals surface area contributed by atoms with Gasteiger partial charge in [0.05, 0.1) is 17.2 Å². The van der Waals surface area contributed by atoms with E-state index in [1.54, 1.807) is 0 Å². The molecule has 0 atom stereocenters. The van der Waals surface area contributed by atoms with Gasteiger partial charge in [0.1, 0.15) is 23.1 Å². The Kier molecular flexibility index (Phi) is 7.43. The molecule has 2 aromatic carbocycles. The van der Waals surface area contributed by atoms with E-state index in [-0.39, 0.29) is 55.1 Å². The van der Waals surface area contributed by atoms with E-state index in [0.717, 1.165) is 12.1 Å². The molecule has 10 heteroatoms. The molecule has 0 fully saturated rings. The van der Waals surface area contributed by atoms with Crippen LogP contribution in [0.2, 0.25) is 5.02 Å². The summed E-state index contributed by atoms with van der Waals surface area (Å²) in [4.78, 5) is 24.3.